The Balaban J connectivity index is 1.56. The van der Waals surface area contributed by atoms with Crippen molar-refractivity contribution in [2.75, 3.05) is 5.43 Å². The van der Waals surface area contributed by atoms with Gasteiger partial charge in [0.25, 0.3) is 5.91 Å². The van der Waals surface area contributed by atoms with Gasteiger partial charge in [0.15, 0.2) is 5.76 Å². The summed E-state index contributed by atoms with van der Waals surface area (Å²) in [7, 11) is 0. The number of pyridine rings is 1. The van der Waals surface area contributed by atoms with E-state index >= 15 is 0 Å². The number of anilines is 1. The molecule has 0 atom stereocenters. The molecule has 0 spiro atoms. The summed E-state index contributed by atoms with van der Waals surface area (Å²) >= 11 is 0. The van der Waals surface area contributed by atoms with Gasteiger partial charge in [0, 0.05) is 35.5 Å². The van der Waals surface area contributed by atoms with Gasteiger partial charge in [-0.25, -0.2) is 0 Å². The zero-order valence-electron chi connectivity index (χ0n) is 18.2. The van der Waals surface area contributed by atoms with E-state index in [1.165, 1.54) is 12.4 Å². The van der Waals surface area contributed by atoms with Crippen molar-refractivity contribution >= 4 is 23.2 Å². The summed E-state index contributed by atoms with van der Waals surface area (Å²) in [6.07, 6.45) is 4.44. The summed E-state index contributed by atoms with van der Waals surface area (Å²) in [4.78, 5) is 28.9. The fourth-order valence-corrected chi connectivity index (χ4v) is 3.82. The number of amides is 2. The highest BCUT2D eigenvalue weighted by molar-refractivity contribution is 6.07. The Morgan fingerprint density at radius 3 is 2.41 bits per heavy atom. The lowest BCUT2D eigenvalue weighted by molar-refractivity contribution is 0.0828. The lowest BCUT2D eigenvalue weighted by atomic mass is 9.75. The van der Waals surface area contributed by atoms with Gasteiger partial charge in [-0.2, -0.15) is 5.10 Å². The van der Waals surface area contributed by atoms with Crippen molar-refractivity contribution < 1.29 is 14.0 Å². The van der Waals surface area contributed by atoms with Crippen molar-refractivity contribution in [3.8, 4) is 0 Å². The van der Waals surface area contributed by atoms with Crippen LogP contribution in [0.2, 0.25) is 0 Å². The lowest BCUT2D eigenvalue weighted by Crippen LogP contribution is -2.41. The van der Waals surface area contributed by atoms with Crippen molar-refractivity contribution in [1.82, 2.24) is 15.8 Å². The number of carbonyl (C=O) groups is 2. The van der Waals surface area contributed by atoms with Crippen LogP contribution >= 0.6 is 0 Å². The predicted octanol–water partition coefficient (Wildman–Crippen LogP) is 3.85. The molecule has 2 heterocycles. The largest absolute Gasteiger partial charge is 0.455 e. The molecular weight excluding hydrogens is 406 g/mol. The number of para-hydroxylation sites is 1. The van der Waals surface area contributed by atoms with E-state index in [1.807, 2.05) is 37.3 Å². The van der Waals surface area contributed by atoms with Crippen LogP contribution in [0.4, 0.5) is 5.69 Å². The second kappa shape index (κ2) is 8.66. The maximum absolute atomic E-state index is 12.8. The third-order valence-corrected chi connectivity index (χ3v) is 5.33. The first-order valence-corrected chi connectivity index (χ1v) is 10.3. The Bertz CT molecular complexity index is 1170. The van der Waals surface area contributed by atoms with E-state index < -0.39 is 11.8 Å². The minimum Gasteiger partial charge on any atom is -0.455 e. The zero-order chi connectivity index (χ0) is 22.7. The first-order valence-electron chi connectivity index (χ1n) is 10.3. The average molecular weight is 431 g/mol. The first kappa shape index (κ1) is 21.3. The van der Waals surface area contributed by atoms with E-state index in [4.69, 9.17) is 4.42 Å². The van der Waals surface area contributed by atoms with Gasteiger partial charge in [-0.3, -0.25) is 30.9 Å². The third-order valence-electron chi connectivity index (χ3n) is 5.33. The monoisotopic (exact) mass is 431 g/mol. The summed E-state index contributed by atoms with van der Waals surface area (Å²) in [5.74, 6) is -0.0780. The summed E-state index contributed by atoms with van der Waals surface area (Å²) < 4.78 is 5.97. The Kier molecular flexibility index (Phi) is 5.77. The molecule has 8 heteroatoms. The van der Waals surface area contributed by atoms with Crippen LogP contribution in [0.5, 0.6) is 0 Å². The summed E-state index contributed by atoms with van der Waals surface area (Å²) in [6, 6.07) is 12.8. The van der Waals surface area contributed by atoms with Crippen molar-refractivity contribution in [3.05, 3.63) is 83.1 Å². The maximum Gasteiger partial charge on any atom is 0.305 e. The average Bonchev–Trinajstić information content (AvgIpc) is 3.12. The molecule has 0 unspecified atom stereocenters. The Labute approximate surface area is 186 Å². The maximum atomic E-state index is 12.8. The van der Waals surface area contributed by atoms with Crippen LogP contribution in [0.1, 0.15) is 58.1 Å². The number of carbonyl (C=O) groups excluding carboxylic acids is 2. The molecular formula is C24H25N5O3. The number of hydrogen-bond donors (Lipinski definition) is 3. The highest BCUT2D eigenvalue weighted by Crippen LogP contribution is 2.38. The van der Waals surface area contributed by atoms with Gasteiger partial charge in [0.2, 0.25) is 0 Å². The topological polar surface area (TPSA) is 109 Å². The standard InChI is InChI=1S/C24H25N5O3/c1-15-20-18(27-26-17-7-5-4-6-8-17)13-24(2,3)14-19(20)32-21(15)23(31)29-28-22(30)16-9-11-25-12-10-16/h4-12,26H,13-14H2,1-3H3,(H,28,30)(H,29,31)/b27-18-. The van der Waals surface area contributed by atoms with Gasteiger partial charge in [-0.15, -0.1) is 0 Å². The van der Waals surface area contributed by atoms with Gasteiger partial charge in [0.05, 0.1) is 11.4 Å². The number of hydrogen-bond acceptors (Lipinski definition) is 6. The second-order valence-electron chi connectivity index (χ2n) is 8.55. The first-order chi connectivity index (χ1) is 15.3. The molecule has 32 heavy (non-hydrogen) atoms. The molecule has 0 saturated heterocycles. The number of hydrazone groups is 1. The van der Waals surface area contributed by atoms with E-state index in [0.29, 0.717) is 17.5 Å². The fraction of sp³-hybridized carbons (Fsp3) is 0.250. The van der Waals surface area contributed by atoms with Gasteiger partial charge in [-0.05, 0) is 43.0 Å². The molecule has 3 N–H and O–H groups in total. The van der Waals surface area contributed by atoms with Gasteiger partial charge < -0.3 is 4.42 Å². The SMILES string of the molecule is Cc1c(C(=O)NNC(=O)c2ccncc2)oc2c1/C(=N\Nc1ccccc1)CC(C)(C)C2. The quantitative estimate of drug-likeness (QED) is 0.544. The molecule has 0 fully saturated rings. The number of aromatic nitrogens is 1. The Morgan fingerprint density at radius 2 is 1.69 bits per heavy atom. The van der Waals surface area contributed by atoms with Gasteiger partial charge in [0.1, 0.15) is 5.76 Å². The number of rotatable bonds is 4. The van der Waals surface area contributed by atoms with Crippen LogP contribution in [0.25, 0.3) is 0 Å². The van der Waals surface area contributed by atoms with E-state index in [0.717, 1.165) is 29.1 Å². The van der Waals surface area contributed by atoms with Crippen LogP contribution in [-0.2, 0) is 6.42 Å². The number of hydrazine groups is 1. The molecule has 1 aliphatic rings. The summed E-state index contributed by atoms with van der Waals surface area (Å²) in [5, 5.41) is 4.64. The fourth-order valence-electron chi connectivity index (χ4n) is 3.82. The van der Waals surface area contributed by atoms with Crippen molar-refractivity contribution in [2.45, 2.75) is 33.6 Å². The third kappa shape index (κ3) is 4.54. The molecule has 2 aromatic heterocycles. The molecule has 4 rings (SSSR count). The molecule has 3 aromatic rings. The van der Waals surface area contributed by atoms with E-state index in [-0.39, 0.29) is 11.2 Å². The van der Waals surface area contributed by atoms with Gasteiger partial charge in [-0.1, -0.05) is 32.0 Å². The highest BCUT2D eigenvalue weighted by atomic mass is 16.4. The van der Waals surface area contributed by atoms with Crippen LogP contribution < -0.4 is 16.3 Å². The van der Waals surface area contributed by atoms with Crippen molar-refractivity contribution in [2.24, 2.45) is 10.5 Å². The lowest BCUT2D eigenvalue weighted by Gasteiger charge is -2.29. The van der Waals surface area contributed by atoms with Gasteiger partial charge >= 0.3 is 5.91 Å². The van der Waals surface area contributed by atoms with Crippen molar-refractivity contribution in [3.63, 3.8) is 0 Å². The molecule has 164 valence electrons. The highest BCUT2D eigenvalue weighted by Gasteiger charge is 2.36. The Morgan fingerprint density at radius 1 is 1.00 bits per heavy atom. The molecule has 0 bridgehead atoms. The number of furan rings is 1. The smallest absolute Gasteiger partial charge is 0.305 e. The number of fused-ring (bicyclic) bond motifs is 1. The number of benzene rings is 1. The molecule has 0 aliphatic heterocycles. The van der Waals surface area contributed by atoms with Crippen molar-refractivity contribution in [1.29, 1.82) is 0 Å². The second-order valence-corrected chi connectivity index (χ2v) is 8.55. The zero-order valence-corrected chi connectivity index (χ0v) is 18.2. The molecule has 0 radical (unpaired) electrons. The molecule has 0 saturated carbocycles. The minimum absolute atomic E-state index is 0.0716. The summed E-state index contributed by atoms with van der Waals surface area (Å²) in [5.41, 5.74) is 11.5. The van der Waals surface area contributed by atoms with Crippen LogP contribution in [0, 0.1) is 12.3 Å². The molecule has 1 aromatic carbocycles. The van der Waals surface area contributed by atoms with Crippen LogP contribution in [0.3, 0.4) is 0 Å². The number of nitrogens with one attached hydrogen (secondary N) is 3. The summed E-state index contributed by atoms with van der Waals surface area (Å²) in [6.45, 7) is 6.11. The van der Waals surface area contributed by atoms with Crippen LogP contribution in [-0.4, -0.2) is 22.5 Å². The number of nitrogens with zero attached hydrogens (tertiary/aromatic N) is 2. The predicted molar refractivity (Wildman–Crippen MR) is 121 cm³/mol. The molecule has 8 nitrogen and oxygen atoms in total. The minimum atomic E-state index is -0.521. The van der Waals surface area contributed by atoms with E-state index in [9.17, 15) is 9.59 Å². The normalized spacial score (nSPS) is 15.7. The molecule has 2 amide bonds. The van der Waals surface area contributed by atoms with E-state index in [1.54, 1.807) is 12.1 Å². The van der Waals surface area contributed by atoms with Crippen LogP contribution in [0.15, 0.2) is 64.4 Å². The van der Waals surface area contributed by atoms with E-state index in [2.05, 4.69) is 40.2 Å². The molecule has 1 aliphatic carbocycles. The Hall–Kier alpha value is -3.94.